The molecule has 1 N–H and O–H groups in total. The fourth-order valence-electron chi connectivity index (χ4n) is 5.05. The van der Waals surface area contributed by atoms with Gasteiger partial charge >= 0.3 is 6.36 Å². The van der Waals surface area contributed by atoms with Crippen molar-refractivity contribution in [2.45, 2.75) is 38.7 Å². The summed E-state index contributed by atoms with van der Waals surface area (Å²) in [4.78, 5) is 2.30. The van der Waals surface area contributed by atoms with E-state index in [1.807, 2.05) is 43.3 Å². The molecule has 1 aliphatic heterocycles. The molecule has 4 aromatic rings. The van der Waals surface area contributed by atoms with Gasteiger partial charge in [0, 0.05) is 23.8 Å². The average molecular weight is 561 g/mol. The molecule has 5 rings (SSSR count). The van der Waals surface area contributed by atoms with Gasteiger partial charge in [0.25, 0.3) is 11.3 Å². The molecule has 1 aromatic heterocycles. The van der Waals surface area contributed by atoms with Crippen LogP contribution in [-0.2, 0) is 30.7 Å². The van der Waals surface area contributed by atoms with Crippen molar-refractivity contribution >= 4 is 37.7 Å². The number of rotatable bonds is 8. The lowest BCUT2D eigenvalue weighted by Gasteiger charge is -2.38. The molecule has 0 radical (unpaired) electrons. The monoisotopic (exact) mass is 560 g/mol. The summed E-state index contributed by atoms with van der Waals surface area (Å²) in [5.74, 6) is -0.274. The van der Waals surface area contributed by atoms with Crippen molar-refractivity contribution in [3.8, 4) is 5.75 Å². The Labute approximate surface area is 225 Å². The van der Waals surface area contributed by atoms with E-state index in [4.69, 9.17) is 0 Å². The number of fused-ring (bicyclic) bond motifs is 2. The Kier molecular flexibility index (Phi) is 7.76. The Morgan fingerprint density at radius 2 is 1.74 bits per heavy atom. The minimum Gasteiger partial charge on any atom is -0.406 e. The number of hydrogen-bond donors (Lipinski definition) is 1. The highest BCUT2D eigenvalue weighted by atomic mass is 32.2. The third kappa shape index (κ3) is 6.04. The molecular weight excluding hydrogens is 533 g/mol. The van der Waals surface area contributed by atoms with Crippen LogP contribution in [0.3, 0.4) is 0 Å². The van der Waals surface area contributed by atoms with Crippen LogP contribution in [0.4, 0.5) is 18.2 Å². The fraction of sp³-hybridized carbons (Fsp3) is 0.286. The molecule has 0 fully saturated rings. The maximum absolute atomic E-state index is 12.7. The van der Waals surface area contributed by atoms with E-state index in [0.29, 0.717) is 13.0 Å². The molecule has 0 bridgehead atoms. The SMILES string of the molecule is Cc1c(N(CC(Cc2ccc(OC(F)(F)F)cc2)N2CCc3ccccc3C2)S(=O)O)sc2ccccc12. The van der Waals surface area contributed by atoms with Crippen LogP contribution in [0.5, 0.6) is 5.75 Å². The number of thiophene rings is 1. The van der Waals surface area contributed by atoms with Crippen LogP contribution in [0.1, 0.15) is 22.3 Å². The van der Waals surface area contributed by atoms with Crippen LogP contribution in [0.2, 0.25) is 0 Å². The maximum atomic E-state index is 12.7. The zero-order valence-electron chi connectivity index (χ0n) is 20.6. The van der Waals surface area contributed by atoms with Crippen LogP contribution in [-0.4, -0.2) is 39.2 Å². The number of anilines is 1. The molecule has 5 nitrogen and oxygen atoms in total. The van der Waals surface area contributed by atoms with Gasteiger partial charge < -0.3 is 4.74 Å². The predicted octanol–water partition coefficient (Wildman–Crippen LogP) is 6.72. The van der Waals surface area contributed by atoms with Gasteiger partial charge in [-0.3, -0.25) is 13.8 Å². The van der Waals surface area contributed by atoms with Crippen LogP contribution >= 0.6 is 11.3 Å². The van der Waals surface area contributed by atoms with Gasteiger partial charge in [-0.25, -0.2) is 4.21 Å². The van der Waals surface area contributed by atoms with Crippen molar-refractivity contribution in [3.05, 3.63) is 95.1 Å². The molecule has 1 aliphatic rings. The largest absolute Gasteiger partial charge is 0.573 e. The van der Waals surface area contributed by atoms with Gasteiger partial charge in [-0.15, -0.1) is 24.5 Å². The number of hydrogen-bond acceptors (Lipinski definition) is 4. The smallest absolute Gasteiger partial charge is 0.406 e. The van der Waals surface area contributed by atoms with Crippen molar-refractivity contribution in [2.75, 3.05) is 17.4 Å². The number of nitrogens with zero attached hydrogens (tertiary/aromatic N) is 2. The van der Waals surface area contributed by atoms with Crippen LogP contribution in [0.25, 0.3) is 10.1 Å². The Balaban J connectivity index is 1.45. The molecule has 0 saturated carbocycles. The lowest BCUT2D eigenvalue weighted by molar-refractivity contribution is -0.274. The van der Waals surface area contributed by atoms with Gasteiger partial charge in [0.05, 0.1) is 6.54 Å². The molecular formula is C28H27F3N2O3S2. The number of benzene rings is 3. The van der Waals surface area contributed by atoms with E-state index < -0.39 is 17.6 Å². The zero-order valence-corrected chi connectivity index (χ0v) is 22.3. The summed E-state index contributed by atoms with van der Waals surface area (Å²) >= 11 is -0.780. The standard InChI is InChI=1S/C28H27F3N2O3S2/c1-19-25-8-4-5-9-26(25)37-27(19)33(38(34)35)18-23(32-15-14-21-6-2-3-7-22(21)17-32)16-20-10-12-24(13-11-20)36-28(29,30)31/h2-13,23H,14-18H2,1H3,(H,34,35). The van der Waals surface area contributed by atoms with Crippen molar-refractivity contribution in [1.29, 1.82) is 0 Å². The first-order valence-corrected chi connectivity index (χ1v) is 14.1. The van der Waals surface area contributed by atoms with Crippen LogP contribution < -0.4 is 9.04 Å². The first-order valence-electron chi connectivity index (χ1n) is 12.2. The Bertz CT molecular complexity index is 1440. The minimum atomic E-state index is -4.75. The topological polar surface area (TPSA) is 53.0 Å². The molecule has 2 heterocycles. The summed E-state index contributed by atoms with van der Waals surface area (Å²) in [6, 6.07) is 21.8. The van der Waals surface area contributed by atoms with E-state index in [-0.39, 0.29) is 18.3 Å². The number of alkyl halides is 3. The van der Waals surface area contributed by atoms with Gasteiger partial charge in [-0.2, -0.15) is 0 Å². The third-order valence-electron chi connectivity index (χ3n) is 6.91. The van der Waals surface area contributed by atoms with Crippen molar-refractivity contribution < 1.29 is 26.7 Å². The summed E-state index contributed by atoms with van der Waals surface area (Å²) in [5, 5.41) is 1.79. The number of halogens is 3. The molecule has 0 aliphatic carbocycles. The molecule has 0 spiro atoms. The molecule has 0 saturated heterocycles. The Hall–Kier alpha value is -2.92. The van der Waals surface area contributed by atoms with Crippen LogP contribution in [0.15, 0.2) is 72.8 Å². The number of aryl methyl sites for hydroxylation is 1. The second-order valence-electron chi connectivity index (χ2n) is 9.36. The second kappa shape index (κ2) is 11.1. The molecule has 2 atom stereocenters. The second-order valence-corrected chi connectivity index (χ2v) is 11.3. The Morgan fingerprint density at radius 3 is 2.42 bits per heavy atom. The van der Waals surface area contributed by atoms with Gasteiger partial charge in [-0.1, -0.05) is 54.6 Å². The van der Waals surface area contributed by atoms with E-state index in [2.05, 4.69) is 21.8 Å². The highest BCUT2D eigenvalue weighted by Crippen LogP contribution is 2.38. The maximum Gasteiger partial charge on any atom is 0.573 e. The zero-order chi connectivity index (χ0) is 26.9. The first kappa shape index (κ1) is 26.7. The highest BCUT2D eigenvalue weighted by Gasteiger charge is 2.32. The van der Waals surface area contributed by atoms with Gasteiger partial charge in [-0.05, 0) is 65.6 Å². The van der Waals surface area contributed by atoms with Gasteiger partial charge in [0.15, 0.2) is 0 Å². The molecule has 10 heteroatoms. The van der Waals surface area contributed by atoms with Crippen molar-refractivity contribution in [3.63, 3.8) is 0 Å². The van der Waals surface area contributed by atoms with Gasteiger partial charge in [0.1, 0.15) is 10.8 Å². The normalized spacial score (nSPS) is 15.7. The van der Waals surface area contributed by atoms with Crippen LogP contribution in [0, 0.1) is 6.92 Å². The summed E-state index contributed by atoms with van der Waals surface area (Å²) in [6.07, 6.45) is -3.40. The summed E-state index contributed by atoms with van der Waals surface area (Å²) in [6.45, 7) is 3.70. The van der Waals surface area contributed by atoms with E-state index in [1.54, 1.807) is 12.1 Å². The summed E-state index contributed by atoms with van der Waals surface area (Å²) < 4.78 is 67.5. The van der Waals surface area contributed by atoms with E-state index in [1.165, 1.54) is 38.9 Å². The summed E-state index contributed by atoms with van der Waals surface area (Å²) in [7, 11) is 0. The van der Waals surface area contributed by atoms with E-state index in [0.717, 1.165) is 39.2 Å². The predicted molar refractivity (Wildman–Crippen MR) is 146 cm³/mol. The molecule has 0 amide bonds. The van der Waals surface area contributed by atoms with E-state index >= 15 is 0 Å². The summed E-state index contributed by atoms with van der Waals surface area (Å²) in [5.41, 5.74) is 4.27. The highest BCUT2D eigenvalue weighted by molar-refractivity contribution is 7.81. The van der Waals surface area contributed by atoms with E-state index in [9.17, 15) is 21.9 Å². The number of ether oxygens (including phenoxy) is 1. The Morgan fingerprint density at radius 1 is 1.05 bits per heavy atom. The third-order valence-corrected chi connectivity index (χ3v) is 9.04. The lowest BCUT2D eigenvalue weighted by atomic mass is 9.96. The molecule has 2 unspecified atom stereocenters. The quantitative estimate of drug-likeness (QED) is 0.243. The molecule has 200 valence electrons. The fourth-order valence-corrected chi connectivity index (χ4v) is 7.05. The van der Waals surface area contributed by atoms with Crippen molar-refractivity contribution in [2.24, 2.45) is 0 Å². The molecule has 3 aromatic carbocycles. The van der Waals surface area contributed by atoms with Crippen molar-refractivity contribution in [1.82, 2.24) is 4.90 Å². The molecule has 38 heavy (non-hydrogen) atoms. The minimum absolute atomic E-state index is 0.168. The lowest BCUT2D eigenvalue weighted by Crippen LogP contribution is -2.47. The average Bonchev–Trinajstić information content (AvgIpc) is 3.22. The van der Waals surface area contributed by atoms with Gasteiger partial charge in [0.2, 0.25) is 0 Å². The first-order chi connectivity index (χ1) is 18.2.